The molecule has 8 heteroatoms. The predicted octanol–water partition coefficient (Wildman–Crippen LogP) is 3.48. The molecule has 1 unspecified atom stereocenters. The zero-order chi connectivity index (χ0) is 18.5. The quantitative estimate of drug-likeness (QED) is 0.428. The van der Waals surface area contributed by atoms with E-state index in [0.717, 1.165) is 37.6 Å². The van der Waals surface area contributed by atoms with Gasteiger partial charge in [-0.2, -0.15) is 0 Å². The highest BCUT2D eigenvalue weighted by molar-refractivity contribution is 8.00. The molecule has 0 saturated carbocycles. The van der Waals surface area contributed by atoms with Gasteiger partial charge in [0.2, 0.25) is 5.91 Å². The topological polar surface area (TPSA) is 66.7 Å². The lowest BCUT2D eigenvalue weighted by Crippen LogP contribution is -2.50. The summed E-state index contributed by atoms with van der Waals surface area (Å²) in [5, 5.41) is 12.6. The minimum absolute atomic E-state index is 0.0650. The number of non-ortho nitro benzene ring substituents is 1. The number of nitro benzene ring substituents is 1. The lowest BCUT2D eigenvalue weighted by atomic mass is 10.2. The van der Waals surface area contributed by atoms with E-state index >= 15 is 0 Å². The molecule has 26 heavy (non-hydrogen) atoms. The first kappa shape index (κ1) is 18.9. The summed E-state index contributed by atoms with van der Waals surface area (Å²) in [7, 11) is 0. The van der Waals surface area contributed by atoms with Crippen LogP contribution in [-0.2, 0) is 11.3 Å². The van der Waals surface area contributed by atoms with Gasteiger partial charge in [0.05, 0.1) is 10.2 Å². The zero-order valence-corrected chi connectivity index (χ0v) is 16.2. The molecule has 0 radical (unpaired) electrons. The Kier molecular flexibility index (Phi) is 6.29. The first-order chi connectivity index (χ1) is 12.5. The number of piperazine rings is 1. The minimum Gasteiger partial charge on any atom is -0.339 e. The second-order valence-corrected chi connectivity index (χ2v) is 8.64. The molecule has 1 aromatic carbocycles. The summed E-state index contributed by atoms with van der Waals surface area (Å²) in [6.07, 6.45) is 0. The number of hydrogen-bond acceptors (Lipinski definition) is 6. The van der Waals surface area contributed by atoms with Gasteiger partial charge in [0.15, 0.2) is 0 Å². The van der Waals surface area contributed by atoms with Gasteiger partial charge in [-0.3, -0.25) is 19.8 Å². The van der Waals surface area contributed by atoms with Crippen LogP contribution >= 0.6 is 23.1 Å². The van der Waals surface area contributed by atoms with Crippen LogP contribution in [0.2, 0.25) is 0 Å². The van der Waals surface area contributed by atoms with Crippen LogP contribution in [-0.4, -0.2) is 52.1 Å². The van der Waals surface area contributed by atoms with E-state index in [2.05, 4.69) is 22.4 Å². The van der Waals surface area contributed by atoms with Crippen LogP contribution < -0.4 is 0 Å². The van der Waals surface area contributed by atoms with Crippen molar-refractivity contribution in [3.8, 4) is 0 Å². The first-order valence-electron chi connectivity index (χ1n) is 8.47. The number of carbonyl (C=O) groups excluding carboxylic acids is 1. The number of thioether (sulfide) groups is 1. The van der Waals surface area contributed by atoms with Crippen molar-refractivity contribution in [3.05, 3.63) is 56.8 Å². The van der Waals surface area contributed by atoms with Crippen LogP contribution in [0.3, 0.4) is 0 Å². The van der Waals surface area contributed by atoms with Gasteiger partial charge in [0, 0.05) is 54.6 Å². The molecule has 1 atom stereocenters. The van der Waals surface area contributed by atoms with Gasteiger partial charge < -0.3 is 4.90 Å². The lowest BCUT2D eigenvalue weighted by molar-refractivity contribution is -0.384. The maximum absolute atomic E-state index is 12.7. The maximum Gasteiger partial charge on any atom is 0.269 e. The molecule has 6 nitrogen and oxygen atoms in total. The number of hydrogen-bond donors (Lipinski definition) is 0. The van der Waals surface area contributed by atoms with Gasteiger partial charge in [-0.05, 0) is 30.5 Å². The molecule has 2 heterocycles. The van der Waals surface area contributed by atoms with E-state index in [-0.39, 0.29) is 16.8 Å². The Morgan fingerprint density at radius 2 is 1.92 bits per heavy atom. The van der Waals surface area contributed by atoms with Crippen LogP contribution in [0.1, 0.15) is 11.8 Å². The third kappa shape index (κ3) is 4.84. The Balaban J connectivity index is 1.48. The molecule has 3 rings (SSSR count). The molecule has 1 saturated heterocycles. The third-order valence-corrected chi connectivity index (χ3v) is 6.31. The Morgan fingerprint density at radius 3 is 2.50 bits per heavy atom. The summed E-state index contributed by atoms with van der Waals surface area (Å²) in [6.45, 7) is 6.11. The minimum atomic E-state index is -0.418. The van der Waals surface area contributed by atoms with E-state index in [1.54, 1.807) is 23.5 Å². The highest BCUT2D eigenvalue weighted by atomic mass is 32.2. The average Bonchev–Trinajstić information content (AvgIpc) is 3.15. The van der Waals surface area contributed by atoms with Crippen molar-refractivity contribution in [2.24, 2.45) is 0 Å². The Labute approximate surface area is 160 Å². The Hall–Kier alpha value is -1.90. The van der Waals surface area contributed by atoms with Crippen LogP contribution in [0.5, 0.6) is 0 Å². The molecule has 1 aromatic heterocycles. The van der Waals surface area contributed by atoms with E-state index in [4.69, 9.17) is 0 Å². The normalized spacial score (nSPS) is 16.4. The summed E-state index contributed by atoms with van der Waals surface area (Å²) in [5.74, 6) is 0.129. The van der Waals surface area contributed by atoms with Crippen molar-refractivity contribution in [1.29, 1.82) is 0 Å². The van der Waals surface area contributed by atoms with Crippen molar-refractivity contribution in [3.63, 3.8) is 0 Å². The molecule has 2 aromatic rings. The van der Waals surface area contributed by atoms with Crippen molar-refractivity contribution >= 4 is 34.7 Å². The number of thiophene rings is 1. The fraction of sp³-hybridized carbons (Fsp3) is 0.389. The molecule has 1 amide bonds. The number of nitro groups is 1. The van der Waals surface area contributed by atoms with E-state index in [1.165, 1.54) is 28.8 Å². The largest absolute Gasteiger partial charge is 0.339 e. The third-order valence-electron chi connectivity index (χ3n) is 4.35. The van der Waals surface area contributed by atoms with Gasteiger partial charge >= 0.3 is 0 Å². The molecular weight excluding hydrogens is 370 g/mol. The molecule has 0 aliphatic carbocycles. The van der Waals surface area contributed by atoms with Crippen molar-refractivity contribution in [1.82, 2.24) is 9.80 Å². The van der Waals surface area contributed by atoms with Crippen LogP contribution in [0.15, 0.2) is 46.7 Å². The zero-order valence-electron chi connectivity index (χ0n) is 14.5. The van der Waals surface area contributed by atoms with Crippen LogP contribution in [0, 0.1) is 10.1 Å². The van der Waals surface area contributed by atoms with Gasteiger partial charge in [-0.1, -0.05) is 6.07 Å². The van der Waals surface area contributed by atoms with Crippen LogP contribution in [0.25, 0.3) is 0 Å². The second-order valence-electron chi connectivity index (χ2n) is 6.19. The van der Waals surface area contributed by atoms with Gasteiger partial charge in [-0.15, -0.1) is 23.1 Å². The first-order valence-corrected chi connectivity index (χ1v) is 10.2. The van der Waals surface area contributed by atoms with E-state index in [0.29, 0.717) is 0 Å². The highest BCUT2D eigenvalue weighted by Gasteiger charge is 2.25. The second kappa shape index (κ2) is 8.66. The molecule has 0 bridgehead atoms. The molecule has 1 fully saturated rings. The van der Waals surface area contributed by atoms with E-state index in [1.807, 2.05) is 11.8 Å². The molecular formula is C18H21N3O3S2. The lowest BCUT2D eigenvalue weighted by Gasteiger charge is -2.35. The smallest absolute Gasteiger partial charge is 0.269 e. The molecule has 1 aliphatic heterocycles. The standard InChI is InChI=1S/C18H21N3O3S2/c1-14(26-16-6-4-15(5-7-16)21(23)24)18(22)20-10-8-19(9-11-20)13-17-3-2-12-25-17/h2-7,12,14H,8-11,13H2,1H3. The van der Waals surface area contributed by atoms with Crippen LogP contribution in [0.4, 0.5) is 5.69 Å². The Bertz CT molecular complexity index is 742. The monoisotopic (exact) mass is 391 g/mol. The fourth-order valence-corrected chi connectivity index (χ4v) is 4.60. The average molecular weight is 392 g/mol. The number of carbonyl (C=O) groups is 1. The van der Waals surface area contributed by atoms with Gasteiger partial charge in [0.25, 0.3) is 5.69 Å². The Morgan fingerprint density at radius 1 is 1.23 bits per heavy atom. The number of rotatable bonds is 6. The summed E-state index contributed by atoms with van der Waals surface area (Å²) in [5.41, 5.74) is 0.0650. The SMILES string of the molecule is CC(Sc1ccc([N+](=O)[O-])cc1)C(=O)N1CCN(Cc2cccs2)CC1. The van der Waals surface area contributed by atoms with E-state index in [9.17, 15) is 14.9 Å². The number of nitrogens with zero attached hydrogens (tertiary/aromatic N) is 3. The summed E-state index contributed by atoms with van der Waals surface area (Å²) in [4.78, 5) is 29.5. The summed E-state index contributed by atoms with van der Waals surface area (Å²) in [6, 6.07) is 10.6. The molecule has 138 valence electrons. The summed E-state index contributed by atoms with van der Waals surface area (Å²) >= 11 is 3.21. The fourth-order valence-electron chi connectivity index (χ4n) is 2.91. The maximum atomic E-state index is 12.7. The number of benzene rings is 1. The van der Waals surface area contributed by atoms with Crippen molar-refractivity contribution in [2.45, 2.75) is 23.6 Å². The summed E-state index contributed by atoms with van der Waals surface area (Å²) < 4.78 is 0. The van der Waals surface area contributed by atoms with Gasteiger partial charge in [0.1, 0.15) is 0 Å². The van der Waals surface area contributed by atoms with E-state index < -0.39 is 4.92 Å². The predicted molar refractivity (Wildman–Crippen MR) is 105 cm³/mol. The highest BCUT2D eigenvalue weighted by Crippen LogP contribution is 2.27. The van der Waals surface area contributed by atoms with Crippen molar-refractivity contribution < 1.29 is 9.72 Å². The molecule has 1 aliphatic rings. The van der Waals surface area contributed by atoms with Crippen molar-refractivity contribution in [2.75, 3.05) is 26.2 Å². The molecule has 0 spiro atoms. The van der Waals surface area contributed by atoms with Gasteiger partial charge in [-0.25, -0.2) is 0 Å². The molecule has 0 N–H and O–H groups in total. The number of amides is 1.